The van der Waals surface area contributed by atoms with Crippen LogP contribution in [0.25, 0.3) is 11.3 Å². The van der Waals surface area contributed by atoms with E-state index in [0.29, 0.717) is 32.1 Å². The van der Waals surface area contributed by atoms with Crippen molar-refractivity contribution in [2.45, 2.75) is 12.3 Å². The number of hydrogen-bond acceptors (Lipinski definition) is 6. The monoisotopic (exact) mass is 374 g/mol. The fourth-order valence-corrected chi connectivity index (χ4v) is 3.23. The van der Waals surface area contributed by atoms with E-state index in [4.69, 9.17) is 21.1 Å². The quantitative estimate of drug-likeness (QED) is 0.767. The van der Waals surface area contributed by atoms with Crippen LogP contribution in [0.3, 0.4) is 0 Å². The number of piperazine rings is 1. The Hall–Kier alpha value is -2.54. The molecule has 3 heterocycles. The molecule has 1 aromatic heterocycles. The highest BCUT2D eigenvalue weighted by Crippen LogP contribution is 2.35. The Morgan fingerprint density at radius 2 is 1.92 bits per heavy atom. The number of ether oxygens (including phenoxy) is 2. The highest BCUT2D eigenvalue weighted by molar-refractivity contribution is 6.30. The first-order chi connectivity index (χ1) is 12.6. The Bertz CT molecular complexity index is 822. The number of carbonyl (C=O) groups is 1. The van der Waals surface area contributed by atoms with Crippen LogP contribution < -0.4 is 14.4 Å². The molecule has 0 unspecified atom stereocenters. The second-order valence-corrected chi connectivity index (χ2v) is 6.89. The van der Waals surface area contributed by atoms with Crippen LogP contribution in [0.2, 0.25) is 0 Å². The zero-order valence-electron chi connectivity index (χ0n) is 14.4. The molecule has 1 saturated heterocycles. The number of alkyl halides is 1. The molecule has 4 rings (SSSR count). The summed E-state index contributed by atoms with van der Waals surface area (Å²) >= 11 is 5.90. The van der Waals surface area contributed by atoms with Gasteiger partial charge in [-0.15, -0.1) is 11.6 Å². The summed E-state index contributed by atoms with van der Waals surface area (Å²) in [4.78, 5) is 24.9. The molecule has 0 spiro atoms. The van der Waals surface area contributed by atoms with Gasteiger partial charge in [0.05, 0.1) is 5.69 Å². The number of anilines is 1. The molecule has 0 saturated carbocycles. The van der Waals surface area contributed by atoms with E-state index in [1.807, 2.05) is 24.3 Å². The van der Waals surface area contributed by atoms with Crippen LogP contribution in [0.5, 0.6) is 11.5 Å². The molecule has 2 aliphatic rings. The van der Waals surface area contributed by atoms with Crippen molar-refractivity contribution >= 4 is 23.5 Å². The Kier molecular flexibility index (Phi) is 4.55. The van der Waals surface area contributed by atoms with Gasteiger partial charge in [0, 0.05) is 37.9 Å². The molecule has 1 amide bonds. The van der Waals surface area contributed by atoms with Gasteiger partial charge in [0.15, 0.2) is 11.5 Å². The fourth-order valence-electron chi connectivity index (χ4n) is 3.10. The summed E-state index contributed by atoms with van der Waals surface area (Å²) in [7, 11) is 0. The predicted molar refractivity (Wildman–Crippen MR) is 97.7 cm³/mol. The standard InChI is InChI=1S/C18H19ClN4O3/c1-12(19)17(24)22-6-8-23(9-7-22)18-20-5-4-14(21-18)13-2-3-15-16(10-13)26-11-25-15/h2-5,10,12H,6-9,11H2,1H3/t12-/m1/s1. The molecule has 26 heavy (non-hydrogen) atoms. The molecular formula is C18H19ClN4O3. The van der Waals surface area contributed by atoms with Gasteiger partial charge in [0.2, 0.25) is 18.6 Å². The van der Waals surface area contributed by atoms with Crippen LogP contribution in [-0.4, -0.2) is 59.1 Å². The van der Waals surface area contributed by atoms with Crippen molar-refractivity contribution < 1.29 is 14.3 Å². The molecule has 0 N–H and O–H groups in total. The lowest BCUT2D eigenvalue weighted by Crippen LogP contribution is -2.50. The van der Waals surface area contributed by atoms with E-state index in [0.717, 1.165) is 22.8 Å². The average molecular weight is 375 g/mol. The van der Waals surface area contributed by atoms with Gasteiger partial charge in [0.25, 0.3) is 0 Å². The normalized spacial score (nSPS) is 17.3. The zero-order valence-corrected chi connectivity index (χ0v) is 15.1. The highest BCUT2D eigenvalue weighted by Gasteiger charge is 2.25. The van der Waals surface area contributed by atoms with Gasteiger partial charge < -0.3 is 19.3 Å². The molecule has 136 valence electrons. The highest BCUT2D eigenvalue weighted by atomic mass is 35.5. The molecule has 7 nitrogen and oxygen atoms in total. The first-order valence-electron chi connectivity index (χ1n) is 8.53. The molecule has 2 aromatic rings. The number of carbonyl (C=O) groups excluding carboxylic acids is 1. The van der Waals surface area contributed by atoms with Crippen LogP contribution >= 0.6 is 11.6 Å². The van der Waals surface area contributed by atoms with Gasteiger partial charge in [-0.1, -0.05) is 0 Å². The second-order valence-electron chi connectivity index (χ2n) is 6.24. The van der Waals surface area contributed by atoms with Gasteiger partial charge >= 0.3 is 0 Å². The van der Waals surface area contributed by atoms with Gasteiger partial charge in [-0.25, -0.2) is 9.97 Å². The topological polar surface area (TPSA) is 67.8 Å². The van der Waals surface area contributed by atoms with E-state index in [9.17, 15) is 4.79 Å². The number of halogens is 1. The molecule has 2 aliphatic heterocycles. The lowest BCUT2D eigenvalue weighted by Gasteiger charge is -2.35. The van der Waals surface area contributed by atoms with Crippen molar-refractivity contribution in [3.8, 4) is 22.8 Å². The SMILES string of the molecule is C[C@@H](Cl)C(=O)N1CCN(c2nccc(-c3ccc4c(c3)OCO4)n2)CC1. The van der Waals surface area contributed by atoms with Crippen molar-refractivity contribution in [2.24, 2.45) is 0 Å². The average Bonchev–Trinajstić information content (AvgIpc) is 3.15. The molecular weight excluding hydrogens is 356 g/mol. The molecule has 0 bridgehead atoms. The van der Waals surface area contributed by atoms with E-state index in [1.165, 1.54) is 0 Å². The number of benzene rings is 1. The van der Waals surface area contributed by atoms with Crippen molar-refractivity contribution in [1.29, 1.82) is 0 Å². The van der Waals surface area contributed by atoms with E-state index < -0.39 is 5.38 Å². The van der Waals surface area contributed by atoms with Crippen molar-refractivity contribution in [3.63, 3.8) is 0 Å². The first kappa shape index (κ1) is 16.9. The summed E-state index contributed by atoms with van der Waals surface area (Å²) in [6.45, 7) is 4.55. The third kappa shape index (κ3) is 3.26. The maximum atomic E-state index is 12.0. The number of hydrogen-bond donors (Lipinski definition) is 0. The molecule has 0 radical (unpaired) electrons. The molecule has 8 heteroatoms. The van der Waals surface area contributed by atoms with Crippen molar-refractivity contribution in [3.05, 3.63) is 30.5 Å². The van der Waals surface area contributed by atoms with E-state index in [2.05, 4.69) is 14.9 Å². The van der Waals surface area contributed by atoms with Crippen LogP contribution in [0.1, 0.15) is 6.92 Å². The summed E-state index contributed by atoms with van der Waals surface area (Å²) in [5, 5.41) is -0.493. The Morgan fingerprint density at radius 3 is 2.69 bits per heavy atom. The maximum Gasteiger partial charge on any atom is 0.240 e. The van der Waals surface area contributed by atoms with Crippen molar-refractivity contribution in [1.82, 2.24) is 14.9 Å². The lowest BCUT2D eigenvalue weighted by atomic mass is 10.1. The van der Waals surface area contributed by atoms with Crippen molar-refractivity contribution in [2.75, 3.05) is 37.9 Å². The summed E-state index contributed by atoms with van der Waals surface area (Å²) in [6.07, 6.45) is 1.75. The van der Waals surface area contributed by atoms with Crippen LogP contribution in [0, 0.1) is 0 Å². The smallest absolute Gasteiger partial charge is 0.240 e. The van der Waals surface area contributed by atoms with Gasteiger partial charge in [-0.2, -0.15) is 0 Å². The number of nitrogens with zero attached hydrogens (tertiary/aromatic N) is 4. The van der Waals surface area contributed by atoms with Gasteiger partial charge in [0.1, 0.15) is 5.38 Å². The summed E-state index contributed by atoms with van der Waals surface area (Å²) in [5.74, 6) is 2.11. The second kappa shape index (κ2) is 6.99. The largest absolute Gasteiger partial charge is 0.454 e. The van der Waals surface area contributed by atoms with Crippen LogP contribution in [0.15, 0.2) is 30.5 Å². The third-order valence-corrected chi connectivity index (χ3v) is 4.71. The lowest BCUT2D eigenvalue weighted by molar-refractivity contribution is -0.130. The van der Waals surface area contributed by atoms with Crippen LogP contribution in [0.4, 0.5) is 5.95 Å². The maximum absolute atomic E-state index is 12.0. The first-order valence-corrected chi connectivity index (χ1v) is 8.96. The minimum absolute atomic E-state index is 0.0265. The minimum Gasteiger partial charge on any atom is -0.454 e. The molecule has 1 fully saturated rings. The number of amides is 1. The summed E-state index contributed by atoms with van der Waals surface area (Å²) in [6, 6.07) is 7.64. The Morgan fingerprint density at radius 1 is 1.15 bits per heavy atom. The summed E-state index contributed by atoms with van der Waals surface area (Å²) < 4.78 is 10.8. The zero-order chi connectivity index (χ0) is 18.1. The van der Waals surface area contributed by atoms with Crippen LogP contribution in [-0.2, 0) is 4.79 Å². The molecule has 1 atom stereocenters. The van der Waals surface area contributed by atoms with E-state index in [-0.39, 0.29) is 12.7 Å². The molecule has 1 aromatic carbocycles. The van der Waals surface area contributed by atoms with E-state index in [1.54, 1.807) is 18.0 Å². The Balaban J connectivity index is 1.49. The third-order valence-electron chi connectivity index (χ3n) is 4.53. The van der Waals surface area contributed by atoms with E-state index >= 15 is 0 Å². The van der Waals surface area contributed by atoms with Gasteiger partial charge in [-0.05, 0) is 31.2 Å². The number of fused-ring (bicyclic) bond motifs is 1. The Labute approximate surface area is 156 Å². The minimum atomic E-state index is -0.493. The number of aromatic nitrogens is 2. The van der Waals surface area contributed by atoms with Gasteiger partial charge in [-0.3, -0.25) is 4.79 Å². The number of rotatable bonds is 3. The summed E-state index contributed by atoms with van der Waals surface area (Å²) in [5.41, 5.74) is 1.77. The predicted octanol–water partition coefficient (Wildman–Crippen LogP) is 2.15. The molecule has 0 aliphatic carbocycles. The fraction of sp³-hybridized carbons (Fsp3) is 0.389.